The zero-order chi connectivity index (χ0) is 13.1. The van der Waals surface area contributed by atoms with Gasteiger partial charge in [0.05, 0.1) is 15.7 Å². The average molecular weight is 308 g/mol. The minimum atomic E-state index is 0.422. The molecule has 18 heavy (non-hydrogen) atoms. The Balaban J connectivity index is 2.09. The summed E-state index contributed by atoms with van der Waals surface area (Å²) in [6.07, 6.45) is 3.43. The van der Waals surface area contributed by atoms with Gasteiger partial charge in [-0.1, -0.05) is 34.8 Å². The molecule has 1 unspecified atom stereocenters. The molecule has 1 heterocycles. The third-order valence-corrected chi connectivity index (χ3v) is 4.12. The molecule has 1 fully saturated rings. The first-order valence-corrected chi connectivity index (χ1v) is 7.29. The van der Waals surface area contributed by atoms with Crippen molar-refractivity contribution in [2.45, 2.75) is 25.3 Å². The van der Waals surface area contributed by atoms with Gasteiger partial charge in [0.25, 0.3) is 0 Å². The van der Waals surface area contributed by atoms with Crippen LogP contribution in [0.4, 0.5) is 5.69 Å². The van der Waals surface area contributed by atoms with E-state index in [1.165, 1.54) is 6.42 Å². The van der Waals surface area contributed by atoms with E-state index in [0.717, 1.165) is 31.6 Å². The third kappa shape index (κ3) is 3.67. The molecule has 0 saturated carbocycles. The molecule has 1 saturated heterocycles. The van der Waals surface area contributed by atoms with Crippen molar-refractivity contribution < 1.29 is 0 Å². The van der Waals surface area contributed by atoms with Gasteiger partial charge in [-0.05, 0) is 51.5 Å². The van der Waals surface area contributed by atoms with Crippen LogP contribution >= 0.6 is 34.8 Å². The van der Waals surface area contributed by atoms with Crippen LogP contribution < -0.4 is 5.32 Å². The average Bonchev–Trinajstić information content (AvgIpc) is 2.48. The Morgan fingerprint density at radius 3 is 2.44 bits per heavy atom. The minimum Gasteiger partial charge on any atom is -0.380 e. The van der Waals surface area contributed by atoms with E-state index in [1.54, 1.807) is 12.1 Å². The van der Waals surface area contributed by atoms with Crippen LogP contribution in [0.1, 0.15) is 19.3 Å². The summed E-state index contributed by atoms with van der Waals surface area (Å²) in [6.45, 7) is 2.25. The Bertz CT molecular complexity index is 400. The maximum atomic E-state index is 6.18. The van der Waals surface area contributed by atoms with Crippen LogP contribution in [-0.2, 0) is 0 Å². The van der Waals surface area contributed by atoms with Gasteiger partial charge in [-0.3, -0.25) is 0 Å². The smallest absolute Gasteiger partial charge is 0.0722 e. The molecule has 5 heteroatoms. The van der Waals surface area contributed by atoms with E-state index in [1.807, 2.05) is 0 Å². The molecule has 2 nitrogen and oxygen atoms in total. The minimum absolute atomic E-state index is 0.422. The largest absolute Gasteiger partial charge is 0.380 e. The summed E-state index contributed by atoms with van der Waals surface area (Å²) < 4.78 is 0. The Morgan fingerprint density at radius 2 is 1.78 bits per heavy atom. The Kier molecular flexibility index (Phi) is 5.02. The van der Waals surface area contributed by atoms with Crippen molar-refractivity contribution >= 4 is 40.5 Å². The van der Waals surface area contributed by atoms with Crippen molar-refractivity contribution in [3.8, 4) is 0 Å². The second-order valence-electron chi connectivity index (χ2n) is 4.82. The quantitative estimate of drug-likeness (QED) is 0.862. The standard InChI is InChI=1S/C13H17Cl3N2/c1-18-5-2-3-10(4-6-18)17-13-11(15)7-9(14)8-12(13)16/h7-8,10,17H,2-6H2,1H3. The van der Waals surface area contributed by atoms with Crippen molar-refractivity contribution in [3.63, 3.8) is 0 Å². The summed E-state index contributed by atoms with van der Waals surface area (Å²) in [5.74, 6) is 0. The maximum Gasteiger partial charge on any atom is 0.0722 e. The Hall–Kier alpha value is -0.150. The molecule has 0 spiro atoms. The van der Waals surface area contributed by atoms with Gasteiger partial charge in [0.2, 0.25) is 0 Å². The highest BCUT2D eigenvalue weighted by molar-refractivity contribution is 6.41. The predicted molar refractivity (Wildman–Crippen MR) is 80.2 cm³/mol. The molecule has 0 bridgehead atoms. The van der Waals surface area contributed by atoms with Gasteiger partial charge in [-0.2, -0.15) is 0 Å². The third-order valence-electron chi connectivity index (χ3n) is 3.31. The zero-order valence-corrected chi connectivity index (χ0v) is 12.6. The van der Waals surface area contributed by atoms with Crippen molar-refractivity contribution in [2.24, 2.45) is 0 Å². The van der Waals surface area contributed by atoms with Crippen LogP contribution in [-0.4, -0.2) is 31.1 Å². The lowest BCUT2D eigenvalue weighted by Gasteiger charge is -2.20. The molecule has 0 aromatic heterocycles. The number of nitrogens with one attached hydrogen (secondary N) is 1. The number of likely N-dealkylation sites (tertiary alicyclic amines) is 1. The molecule has 0 amide bonds. The highest BCUT2D eigenvalue weighted by Gasteiger charge is 2.17. The van der Waals surface area contributed by atoms with E-state index >= 15 is 0 Å². The molecule has 1 aromatic rings. The van der Waals surface area contributed by atoms with Crippen LogP contribution in [0.2, 0.25) is 15.1 Å². The van der Waals surface area contributed by atoms with E-state index in [0.29, 0.717) is 21.1 Å². The zero-order valence-electron chi connectivity index (χ0n) is 10.3. The number of anilines is 1. The van der Waals surface area contributed by atoms with E-state index in [4.69, 9.17) is 34.8 Å². The lowest BCUT2D eigenvalue weighted by Crippen LogP contribution is -2.23. The summed E-state index contributed by atoms with van der Waals surface area (Å²) in [5, 5.41) is 5.20. The van der Waals surface area contributed by atoms with E-state index in [9.17, 15) is 0 Å². The summed E-state index contributed by atoms with van der Waals surface area (Å²) in [7, 11) is 2.16. The van der Waals surface area contributed by atoms with E-state index in [2.05, 4.69) is 17.3 Å². The number of hydrogen-bond acceptors (Lipinski definition) is 2. The molecular formula is C13H17Cl3N2. The van der Waals surface area contributed by atoms with Crippen LogP contribution in [0, 0.1) is 0 Å². The number of hydrogen-bond donors (Lipinski definition) is 1. The summed E-state index contributed by atoms with van der Waals surface area (Å²) in [6, 6.07) is 3.87. The first kappa shape index (κ1) is 14.3. The molecule has 100 valence electrons. The molecule has 0 aliphatic carbocycles. The first-order valence-electron chi connectivity index (χ1n) is 6.16. The van der Waals surface area contributed by atoms with Gasteiger partial charge in [0.15, 0.2) is 0 Å². The van der Waals surface area contributed by atoms with Crippen LogP contribution in [0.3, 0.4) is 0 Å². The Morgan fingerprint density at radius 1 is 1.11 bits per heavy atom. The lowest BCUT2D eigenvalue weighted by atomic mass is 10.1. The monoisotopic (exact) mass is 306 g/mol. The molecule has 1 aromatic carbocycles. The second kappa shape index (κ2) is 6.33. The summed E-state index contributed by atoms with van der Waals surface area (Å²) >= 11 is 18.3. The van der Waals surface area contributed by atoms with E-state index < -0.39 is 0 Å². The fraction of sp³-hybridized carbons (Fsp3) is 0.538. The second-order valence-corrected chi connectivity index (χ2v) is 6.07. The Labute approximate surface area is 123 Å². The fourth-order valence-corrected chi connectivity index (χ4v) is 3.19. The van der Waals surface area contributed by atoms with Gasteiger partial charge in [-0.15, -0.1) is 0 Å². The van der Waals surface area contributed by atoms with Gasteiger partial charge in [0.1, 0.15) is 0 Å². The maximum absolute atomic E-state index is 6.18. The number of nitrogens with zero attached hydrogens (tertiary/aromatic N) is 1. The molecule has 0 radical (unpaired) electrons. The highest BCUT2D eigenvalue weighted by atomic mass is 35.5. The van der Waals surface area contributed by atoms with Crippen LogP contribution in [0.15, 0.2) is 12.1 Å². The highest BCUT2D eigenvalue weighted by Crippen LogP contribution is 2.34. The van der Waals surface area contributed by atoms with Crippen molar-refractivity contribution in [3.05, 3.63) is 27.2 Å². The predicted octanol–water partition coefficient (Wildman–Crippen LogP) is 4.54. The van der Waals surface area contributed by atoms with Crippen molar-refractivity contribution in [1.82, 2.24) is 4.90 Å². The first-order chi connectivity index (χ1) is 8.56. The fourth-order valence-electron chi connectivity index (χ4n) is 2.27. The normalized spacial score (nSPS) is 21.7. The lowest BCUT2D eigenvalue weighted by molar-refractivity contribution is 0.348. The molecular weight excluding hydrogens is 291 g/mol. The van der Waals surface area contributed by atoms with Crippen LogP contribution in [0.5, 0.6) is 0 Å². The number of halogens is 3. The van der Waals surface area contributed by atoms with Gasteiger partial charge < -0.3 is 10.2 Å². The van der Waals surface area contributed by atoms with Gasteiger partial charge in [-0.25, -0.2) is 0 Å². The summed E-state index contributed by atoms with van der Waals surface area (Å²) in [5.41, 5.74) is 0.803. The van der Waals surface area contributed by atoms with Crippen molar-refractivity contribution in [1.29, 1.82) is 0 Å². The summed E-state index contributed by atoms with van der Waals surface area (Å²) in [4.78, 5) is 2.35. The molecule has 1 aliphatic heterocycles. The van der Waals surface area contributed by atoms with Crippen molar-refractivity contribution in [2.75, 3.05) is 25.5 Å². The number of benzene rings is 1. The van der Waals surface area contributed by atoms with Gasteiger partial charge in [0, 0.05) is 11.1 Å². The number of rotatable bonds is 2. The van der Waals surface area contributed by atoms with E-state index in [-0.39, 0.29) is 0 Å². The van der Waals surface area contributed by atoms with Gasteiger partial charge >= 0.3 is 0 Å². The SMILES string of the molecule is CN1CCCC(Nc2c(Cl)cc(Cl)cc2Cl)CC1. The topological polar surface area (TPSA) is 15.3 Å². The molecule has 1 aliphatic rings. The van der Waals surface area contributed by atoms with Crippen LogP contribution in [0.25, 0.3) is 0 Å². The molecule has 2 rings (SSSR count). The molecule has 1 N–H and O–H groups in total. The molecule has 1 atom stereocenters.